The van der Waals surface area contributed by atoms with Gasteiger partial charge in [-0.1, -0.05) is 17.7 Å². The maximum absolute atomic E-state index is 11.4. The molecule has 0 saturated carbocycles. The van der Waals surface area contributed by atoms with Gasteiger partial charge in [-0.15, -0.1) is 10.2 Å². The van der Waals surface area contributed by atoms with E-state index in [1.54, 1.807) is 19.2 Å². The van der Waals surface area contributed by atoms with Gasteiger partial charge in [-0.25, -0.2) is 0 Å². The van der Waals surface area contributed by atoms with Crippen molar-refractivity contribution < 1.29 is 4.79 Å². The third-order valence-electron chi connectivity index (χ3n) is 3.41. The quantitative estimate of drug-likeness (QED) is 0.904. The van der Waals surface area contributed by atoms with Crippen LogP contribution in [0.15, 0.2) is 24.3 Å². The van der Waals surface area contributed by atoms with Gasteiger partial charge in [0.1, 0.15) is 5.82 Å². The Bertz CT molecular complexity index is 627. The standard InChI is InChI=1S/C16H20N4O/c1-10-7-11(2)13(12(3)8-10)9-18-15-6-5-14(19-20-15)16(21)17-4/h5-8H,9H2,1-4H3,(H,17,21)(H,18,20). The van der Waals surface area contributed by atoms with Gasteiger partial charge in [-0.3, -0.25) is 4.79 Å². The molecule has 0 aliphatic rings. The summed E-state index contributed by atoms with van der Waals surface area (Å²) in [4.78, 5) is 11.4. The SMILES string of the molecule is CNC(=O)c1ccc(NCc2c(C)cc(C)cc2C)nn1. The summed E-state index contributed by atoms with van der Waals surface area (Å²) in [6.07, 6.45) is 0. The van der Waals surface area contributed by atoms with E-state index >= 15 is 0 Å². The van der Waals surface area contributed by atoms with Gasteiger partial charge in [-0.2, -0.15) is 0 Å². The van der Waals surface area contributed by atoms with E-state index in [2.05, 4.69) is 53.7 Å². The number of hydrogen-bond acceptors (Lipinski definition) is 4. The Labute approximate surface area is 124 Å². The van der Waals surface area contributed by atoms with E-state index in [1.807, 2.05) is 0 Å². The molecule has 2 N–H and O–H groups in total. The highest BCUT2D eigenvalue weighted by atomic mass is 16.1. The number of aromatic nitrogens is 2. The van der Waals surface area contributed by atoms with E-state index in [0.717, 1.165) is 0 Å². The molecule has 2 aromatic rings. The molecule has 110 valence electrons. The molecule has 0 bridgehead atoms. The predicted octanol–water partition coefficient (Wildman–Crippen LogP) is 2.37. The molecule has 0 saturated heterocycles. The summed E-state index contributed by atoms with van der Waals surface area (Å²) in [6.45, 7) is 7.00. The van der Waals surface area contributed by atoms with E-state index in [0.29, 0.717) is 18.1 Å². The third kappa shape index (κ3) is 3.56. The first-order chi connectivity index (χ1) is 10.0. The van der Waals surface area contributed by atoms with Gasteiger partial charge >= 0.3 is 0 Å². The number of anilines is 1. The number of nitrogens with zero attached hydrogens (tertiary/aromatic N) is 2. The molecule has 2 rings (SSSR count). The van der Waals surface area contributed by atoms with Crippen molar-refractivity contribution in [1.82, 2.24) is 15.5 Å². The normalized spacial score (nSPS) is 10.3. The van der Waals surface area contributed by atoms with Crippen molar-refractivity contribution in [3.05, 3.63) is 52.2 Å². The minimum Gasteiger partial charge on any atom is -0.364 e. The lowest BCUT2D eigenvalue weighted by Crippen LogP contribution is -2.19. The Morgan fingerprint density at radius 3 is 2.29 bits per heavy atom. The summed E-state index contributed by atoms with van der Waals surface area (Å²) in [5.74, 6) is 0.418. The molecule has 21 heavy (non-hydrogen) atoms. The van der Waals surface area contributed by atoms with Gasteiger partial charge in [0, 0.05) is 13.6 Å². The van der Waals surface area contributed by atoms with Crippen LogP contribution in [0.5, 0.6) is 0 Å². The summed E-state index contributed by atoms with van der Waals surface area (Å²) in [7, 11) is 1.57. The van der Waals surface area contributed by atoms with Gasteiger partial charge in [0.25, 0.3) is 5.91 Å². The monoisotopic (exact) mass is 284 g/mol. The van der Waals surface area contributed by atoms with Crippen LogP contribution in [0.3, 0.4) is 0 Å². The van der Waals surface area contributed by atoms with Gasteiger partial charge in [0.05, 0.1) is 0 Å². The number of aryl methyl sites for hydroxylation is 3. The molecule has 1 aromatic heterocycles. The third-order valence-corrected chi connectivity index (χ3v) is 3.41. The van der Waals surface area contributed by atoms with Crippen LogP contribution < -0.4 is 10.6 Å². The average Bonchev–Trinajstić information content (AvgIpc) is 2.46. The van der Waals surface area contributed by atoms with E-state index in [-0.39, 0.29) is 5.91 Å². The molecule has 0 aliphatic heterocycles. The van der Waals surface area contributed by atoms with E-state index in [1.165, 1.54) is 22.3 Å². The largest absolute Gasteiger partial charge is 0.364 e. The Kier molecular flexibility index (Phi) is 4.52. The fourth-order valence-corrected chi connectivity index (χ4v) is 2.34. The highest BCUT2D eigenvalue weighted by molar-refractivity contribution is 5.91. The van der Waals surface area contributed by atoms with Gasteiger partial charge in [0.2, 0.25) is 0 Å². The summed E-state index contributed by atoms with van der Waals surface area (Å²) in [6, 6.07) is 7.76. The highest BCUT2D eigenvalue weighted by Gasteiger charge is 2.07. The van der Waals surface area contributed by atoms with Crippen LogP contribution in [-0.2, 0) is 6.54 Å². The van der Waals surface area contributed by atoms with Crippen LogP contribution in [0.1, 0.15) is 32.7 Å². The molecule has 5 nitrogen and oxygen atoms in total. The van der Waals surface area contributed by atoms with Crippen LogP contribution in [0.4, 0.5) is 5.82 Å². The molecule has 0 atom stereocenters. The minimum atomic E-state index is -0.237. The lowest BCUT2D eigenvalue weighted by Gasteiger charge is -2.12. The molecule has 1 aromatic carbocycles. The second-order valence-electron chi connectivity index (χ2n) is 5.11. The molecule has 0 spiro atoms. The fourth-order valence-electron chi connectivity index (χ4n) is 2.34. The van der Waals surface area contributed by atoms with Crippen LogP contribution in [0, 0.1) is 20.8 Å². The first-order valence-corrected chi connectivity index (χ1v) is 6.87. The molecule has 0 radical (unpaired) electrons. The Balaban J connectivity index is 2.08. The Morgan fingerprint density at radius 1 is 1.10 bits per heavy atom. The van der Waals surface area contributed by atoms with Crippen molar-refractivity contribution in [1.29, 1.82) is 0 Å². The lowest BCUT2D eigenvalue weighted by molar-refractivity contribution is 0.0957. The van der Waals surface area contributed by atoms with Crippen molar-refractivity contribution >= 4 is 11.7 Å². The minimum absolute atomic E-state index is 0.237. The van der Waals surface area contributed by atoms with Crippen molar-refractivity contribution in [3.8, 4) is 0 Å². The molecule has 1 amide bonds. The van der Waals surface area contributed by atoms with Crippen LogP contribution in [-0.4, -0.2) is 23.2 Å². The number of carbonyl (C=O) groups excluding carboxylic acids is 1. The van der Waals surface area contributed by atoms with E-state index in [9.17, 15) is 4.79 Å². The zero-order chi connectivity index (χ0) is 15.4. The molecule has 0 fully saturated rings. The molecule has 1 heterocycles. The number of benzene rings is 1. The van der Waals surface area contributed by atoms with E-state index < -0.39 is 0 Å². The number of rotatable bonds is 4. The predicted molar refractivity (Wildman–Crippen MR) is 83.4 cm³/mol. The van der Waals surface area contributed by atoms with Crippen molar-refractivity contribution in [2.24, 2.45) is 0 Å². The molecule has 5 heteroatoms. The Hall–Kier alpha value is -2.43. The number of amides is 1. The molecule has 0 aliphatic carbocycles. The van der Waals surface area contributed by atoms with Crippen LogP contribution in [0.2, 0.25) is 0 Å². The van der Waals surface area contributed by atoms with Gasteiger partial charge in [-0.05, 0) is 49.6 Å². The summed E-state index contributed by atoms with van der Waals surface area (Å²) < 4.78 is 0. The second kappa shape index (κ2) is 6.35. The van der Waals surface area contributed by atoms with Crippen molar-refractivity contribution in [2.45, 2.75) is 27.3 Å². The summed E-state index contributed by atoms with van der Waals surface area (Å²) in [5.41, 5.74) is 5.36. The maximum atomic E-state index is 11.4. The number of carbonyl (C=O) groups is 1. The van der Waals surface area contributed by atoms with Crippen molar-refractivity contribution in [2.75, 3.05) is 12.4 Å². The molecule has 0 unspecified atom stereocenters. The van der Waals surface area contributed by atoms with Crippen LogP contribution >= 0.6 is 0 Å². The molecular weight excluding hydrogens is 264 g/mol. The smallest absolute Gasteiger partial charge is 0.271 e. The second-order valence-corrected chi connectivity index (χ2v) is 5.11. The Morgan fingerprint density at radius 2 is 1.76 bits per heavy atom. The zero-order valence-corrected chi connectivity index (χ0v) is 12.8. The fraction of sp³-hybridized carbons (Fsp3) is 0.312. The highest BCUT2D eigenvalue weighted by Crippen LogP contribution is 2.17. The van der Waals surface area contributed by atoms with E-state index in [4.69, 9.17) is 0 Å². The first kappa shape index (κ1) is 15.0. The number of hydrogen-bond donors (Lipinski definition) is 2. The van der Waals surface area contributed by atoms with Crippen molar-refractivity contribution in [3.63, 3.8) is 0 Å². The summed E-state index contributed by atoms with van der Waals surface area (Å²) in [5, 5.41) is 13.7. The topological polar surface area (TPSA) is 66.9 Å². The van der Waals surface area contributed by atoms with Gasteiger partial charge < -0.3 is 10.6 Å². The average molecular weight is 284 g/mol. The zero-order valence-electron chi connectivity index (χ0n) is 12.8. The maximum Gasteiger partial charge on any atom is 0.271 e. The first-order valence-electron chi connectivity index (χ1n) is 6.87. The lowest BCUT2D eigenvalue weighted by atomic mass is 10.00. The summed E-state index contributed by atoms with van der Waals surface area (Å²) >= 11 is 0. The van der Waals surface area contributed by atoms with Gasteiger partial charge in [0.15, 0.2) is 5.69 Å². The van der Waals surface area contributed by atoms with Crippen LogP contribution in [0.25, 0.3) is 0 Å². The molecular formula is C16H20N4O. The number of nitrogens with one attached hydrogen (secondary N) is 2.